The Balaban J connectivity index is 0.00000156. The number of nitrogens with zero attached hydrogens (tertiary/aromatic N) is 2. The van der Waals surface area contributed by atoms with E-state index in [1.54, 1.807) is 6.20 Å². The highest BCUT2D eigenvalue weighted by Gasteiger charge is 2.37. The van der Waals surface area contributed by atoms with Crippen LogP contribution in [0.2, 0.25) is 0 Å². The lowest BCUT2D eigenvalue weighted by Gasteiger charge is -2.37. The molecular weight excluding hydrogens is 359 g/mol. The summed E-state index contributed by atoms with van der Waals surface area (Å²) >= 11 is 0. The van der Waals surface area contributed by atoms with E-state index in [1.807, 2.05) is 19.1 Å². The topological polar surface area (TPSA) is 71.2 Å². The molecule has 1 amide bonds. The van der Waals surface area contributed by atoms with Gasteiger partial charge in [-0.2, -0.15) is 0 Å². The van der Waals surface area contributed by atoms with E-state index in [4.69, 9.17) is 5.73 Å². The van der Waals surface area contributed by atoms with Crippen LogP contribution in [0.1, 0.15) is 51.9 Å². The number of pyridine rings is 1. The Morgan fingerprint density at radius 3 is 2.52 bits per heavy atom. The lowest BCUT2D eigenvalue weighted by Crippen LogP contribution is -2.51. The first kappa shape index (κ1) is 22.0. The summed E-state index contributed by atoms with van der Waals surface area (Å²) in [6, 6.07) is 3.95. The molecule has 2 fully saturated rings. The average molecular weight is 389 g/mol. The summed E-state index contributed by atoms with van der Waals surface area (Å²) in [6.45, 7) is 4.15. The molecule has 2 atom stereocenters. The van der Waals surface area contributed by atoms with Gasteiger partial charge >= 0.3 is 0 Å². The summed E-state index contributed by atoms with van der Waals surface area (Å²) in [5.74, 6) is 0.921. The van der Waals surface area contributed by atoms with Crippen LogP contribution in [0.25, 0.3) is 0 Å². The third-order valence-corrected chi connectivity index (χ3v) is 5.27. The smallest absolute Gasteiger partial charge is 0.229 e. The van der Waals surface area contributed by atoms with Gasteiger partial charge in [0.1, 0.15) is 5.82 Å². The fraction of sp³-hybridized carbons (Fsp3) is 0.667. The number of anilines is 2. The minimum absolute atomic E-state index is 0. The molecule has 3 N–H and O–H groups in total. The highest BCUT2D eigenvalue weighted by molar-refractivity contribution is 5.93. The maximum atomic E-state index is 12.5. The zero-order valence-corrected chi connectivity index (χ0v) is 16.5. The molecule has 0 radical (unpaired) electrons. The number of halogens is 2. The van der Waals surface area contributed by atoms with E-state index in [2.05, 4.69) is 15.2 Å². The number of amides is 1. The van der Waals surface area contributed by atoms with E-state index in [0.29, 0.717) is 0 Å². The van der Waals surface area contributed by atoms with Gasteiger partial charge in [-0.3, -0.25) is 4.79 Å². The molecule has 1 saturated carbocycles. The van der Waals surface area contributed by atoms with Crippen molar-refractivity contribution in [1.29, 1.82) is 0 Å². The van der Waals surface area contributed by atoms with E-state index in [0.717, 1.165) is 50.3 Å². The van der Waals surface area contributed by atoms with E-state index in [1.165, 1.54) is 19.3 Å². The Morgan fingerprint density at radius 2 is 1.92 bits per heavy atom. The number of piperidine rings is 1. The van der Waals surface area contributed by atoms with Crippen LogP contribution in [0.4, 0.5) is 11.5 Å². The molecule has 1 aliphatic carbocycles. The molecule has 2 aliphatic rings. The van der Waals surface area contributed by atoms with Crippen molar-refractivity contribution >= 4 is 42.2 Å². The van der Waals surface area contributed by atoms with Crippen molar-refractivity contribution in [3.8, 4) is 0 Å². The number of rotatable bonds is 3. The highest BCUT2D eigenvalue weighted by Crippen LogP contribution is 2.32. The van der Waals surface area contributed by atoms with Gasteiger partial charge in [0.15, 0.2) is 0 Å². The van der Waals surface area contributed by atoms with Gasteiger partial charge in [0, 0.05) is 18.6 Å². The summed E-state index contributed by atoms with van der Waals surface area (Å²) in [7, 11) is 0. The molecule has 1 aromatic rings. The third-order valence-electron chi connectivity index (χ3n) is 5.27. The Bertz CT molecular complexity index is 545. The molecule has 3 rings (SSSR count). The average Bonchev–Trinajstić information content (AvgIpc) is 2.56. The molecule has 1 aromatic heterocycles. The number of aromatic nitrogens is 1. The lowest BCUT2D eigenvalue weighted by atomic mass is 9.74. The molecule has 5 nitrogen and oxygen atoms in total. The maximum Gasteiger partial charge on any atom is 0.229 e. The molecule has 1 saturated heterocycles. The Kier molecular flexibility index (Phi) is 8.45. The molecule has 142 valence electrons. The molecule has 2 unspecified atom stereocenters. The molecule has 0 bridgehead atoms. The van der Waals surface area contributed by atoms with Crippen molar-refractivity contribution in [1.82, 2.24) is 4.98 Å². The predicted molar refractivity (Wildman–Crippen MR) is 108 cm³/mol. The first-order valence-corrected chi connectivity index (χ1v) is 8.87. The van der Waals surface area contributed by atoms with Gasteiger partial charge < -0.3 is 16.0 Å². The van der Waals surface area contributed by atoms with Crippen molar-refractivity contribution in [2.24, 2.45) is 11.7 Å². The fourth-order valence-electron chi connectivity index (χ4n) is 3.79. The normalized spacial score (nSPS) is 26.2. The third kappa shape index (κ3) is 5.47. The summed E-state index contributed by atoms with van der Waals surface area (Å²) in [5.41, 5.74) is 6.68. The van der Waals surface area contributed by atoms with Crippen molar-refractivity contribution in [3.63, 3.8) is 0 Å². The fourth-order valence-corrected chi connectivity index (χ4v) is 3.79. The van der Waals surface area contributed by atoms with Gasteiger partial charge in [-0.05, 0) is 51.2 Å². The Hall–Kier alpha value is -1.04. The van der Waals surface area contributed by atoms with Crippen LogP contribution < -0.4 is 16.0 Å². The molecule has 2 heterocycles. The molecule has 25 heavy (non-hydrogen) atoms. The van der Waals surface area contributed by atoms with Crippen molar-refractivity contribution < 1.29 is 4.79 Å². The SMILES string of the molecule is CC1(N)CCCCC1C(=O)Nc1ccc(N2CCCCC2)nc1.Cl.Cl. The summed E-state index contributed by atoms with van der Waals surface area (Å²) in [6.07, 6.45) is 9.52. The van der Waals surface area contributed by atoms with Gasteiger partial charge in [-0.25, -0.2) is 4.98 Å². The van der Waals surface area contributed by atoms with Crippen molar-refractivity contribution in [2.75, 3.05) is 23.3 Å². The number of nitrogens with two attached hydrogens (primary N) is 1. The first-order chi connectivity index (χ1) is 11.1. The van der Waals surface area contributed by atoms with Crippen LogP contribution in [0.3, 0.4) is 0 Å². The maximum absolute atomic E-state index is 12.5. The monoisotopic (exact) mass is 388 g/mol. The number of carbonyl (C=O) groups excluding carboxylic acids is 1. The largest absolute Gasteiger partial charge is 0.357 e. The van der Waals surface area contributed by atoms with E-state index >= 15 is 0 Å². The zero-order valence-electron chi connectivity index (χ0n) is 14.9. The Morgan fingerprint density at radius 1 is 1.20 bits per heavy atom. The van der Waals surface area contributed by atoms with Crippen LogP contribution in [-0.4, -0.2) is 29.5 Å². The second-order valence-electron chi connectivity index (χ2n) is 7.25. The Labute approximate surface area is 163 Å². The minimum atomic E-state index is -0.399. The quantitative estimate of drug-likeness (QED) is 0.826. The summed E-state index contributed by atoms with van der Waals surface area (Å²) < 4.78 is 0. The number of nitrogens with one attached hydrogen (secondary N) is 1. The second-order valence-corrected chi connectivity index (χ2v) is 7.25. The van der Waals surface area contributed by atoms with Gasteiger partial charge in [0.25, 0.3) is 0 Å². The van der Waals surface area contributed by atoms with Crippen LogP contribution in [0.15, 0.2) is 18.3 Å². The highest BCUT2D eigenvalue weighted by atomic mass is 35.5. The van der Waals surface area contributed by atoms with Crippen LogP contribution in [-0.2, 0) is 4.79 Å². The van der Waals surface area contributed by atoms with Crippen molar-refractivity contribution in [2.45, 2.75) is 57.4 Å². The minimum Gasteiger partial charge on any atom is -0.357 e. The number of carbonyl (C=O) groups is 1. The van der Waals surface area contributed by atoms with Crippen LogP contribution in [0, 0.1) is 5.92 Å². The summed E-state index contributed by atoms with van der Waals surface area (Å²) in [4.78, 5) is 19.4. The molecule has 7 heteroatoms. The molecule has 1 aliphatic heterocycles. The number of hydrogen-bond acceptors (Lipinski definition) is 4. The standard InChI is InChI=1S/C18H28N4O.2ClH/c1-18(19)10-4-3-7-15(18)17(23)21-14-8-9-16(20-13-14)22-11-5-2-6-12-22;;/h8-9,13,15H,2-7,10-12,19H2,1H3,(H,21,23);2*1H. The lowest BCUT2D eigenvalue weighted by molar-refractivity contribution is -0.122. The van der Waals surface area contributed by atoms with E-state index in [-0.39, 0.29) is 36.6 Å². The van der Waals surface area contributed by atoms with E-state index in [9.17, 15) is 4.79 Å². The van der Waals surface area contributed by atoms with Gasteiger partial charge in [-0.1, -0.05) is 12.8 Å². The first-order valence-electron chi connectivity index (χ1n) is 8.87. The number of hydrogen-bond donors (Lipinski definition) is 2. The molecular formula is C18H30Cl2N4O. The second kappa shape index (κ2) is 9.60. The molecule has 0 spiro atoms. The van der Waals surface area contributed by atoms with Crippen LogP contribution >= 0.6 is 24.8 Å². The van der Waals surface area contributed by atoms with Crippen LogP contribution in [0.5, 0.6) is 0 Å². The van der Waals surface area contributed by atoms with E-state index < -0.39 is 5.54 Å². The zero-order chi connectivity index (χ0) is 16.3. The molecule has 0 aromatic carbocycles. The van der Waals surface area contributed by atoms with Gasteiger partial charge in [-0.15, -0.1) is 24.8 Å². The summed E-state index contributed by atoms with van der Waals surface area (Å²) in [5, 5.41) is 3.00. The predicted octanol–water partition coefficient (Wildman–Crippen LogP) is 3.76. The van der Waals surface area contributed by atoms with Crippen molar-refractivity contribution in [3.05, 3.63) is 18.3 Å². The van der Waals surface area contributed by atoms with Gasteiger partial charge in [0.2, 0.25) is 5.91 Å². The van der Waals surface area contributed by atoms with Gasteiger partial charge in [0.05, 0.1) is 17.8 Å².